The van der Waals surface area contributed by atoms with E-state index in [0.717, 1.165) is 11.2 Å². The van der Waals surface area contributed by atoms with Crippen LogP contribution in [0.4, 0.5) is 0 Å². The topological polar surface area (TPSA) is 36.4 Å². The fourth-order valence-corrected chi connectivity index (χ4v) is 2.87. The number of aliphatic imine (C=N–C) groups is 1. The first kappa shape index (κ1) is 14.4. The van der Waals surface area contributed by atoms with Gasteiger partial charge in [-0.15, -0.1) is 24.0 Å². The lowest BCUT2D eigenvalue weighted by Crippen LogP contribution is -2.43. The van der Waals surface area contributed by atoms with Crippen molar-refractivity contribution in [2.75, 3.05) is 13.3 Å². The maximum atomic E-state index is 4.27. The Morgan fingerprint density at radius 1 is 1.12 bits per heavy atom. The Morgan fingerprint density at radius 3 is 2.25 bits per heavy atom. The highest BCUT2D eigenvalue weighted by Gasteiger charge is 2.27. The third-order valence-corrected chi connectivity index (χ3v) is 4.30. The van der Waals surface area contributed by atoms with Crippen LogP contribution in [0.3, 0.4) is 0 Å². The highest BCUT2D eigenvalue weighted by atomic mass is 127. The maximum absolute atomic E-state index is 4.27. The molecule has 0 aromatic rings. The fourth-order valence-electron chi connectivity index (χ4n) is 2.07. The minimum absolute atomic E-state index is 0. The number of halogens is 1. The van der Waals surface area contributed by atoms with Crippen LogP contribution in [0.2, 0.25) is 0 Å². The van der Waals surface area contributed by atoms with Gasteiger partial charge in [0.05, 0.1) is 0 Å². The van der Waals surface area contributed by atoms with Gasteiger partial charge in [-0.3, -0.25) is 4.99 Å². The molecule has 0 saturated heterocycles. The van der Waals surface area contributed by atoms with Crippen LogP contribution in [0.5, 0.6) is 0 Å². The summed E-state index contributed by atoms with van der Waals surface area (Å²) in [6.07, 6.45) is 8.74. The first-order valence-electron chi connectivity index (χ1n) is 5.84. The summed E-state index contributed by atoms with van der Waals surface area (Å²) in [6, 6.07) is 1.32. The van der Waals surface area contributed by atoms with Gasteiger partial charge in [-0.25, -0.2) is 0 Å². The molecule has 2 N–H and O–H groups in total. The second-order valence-corrected chi connectivity index (χ2v) is 5.64. The van der Waals surface area contributed by atoms with E-state index in [2.05, 4.69) is 21.9 Å². The van der Waals surface area contributed by atoms with Crippen LogP contribution in [0.15, 0.2) is 4.99 Å². The molecule has 0 heterocycles. The zero-order valence-corrected chi connectivity index (χ0v) is 13.2. The second kappa shape index (κ2) is 6.93. The van der Waals surface area contributed by atoms with Crippen LogP contribution < -0.4 is 10.6 Å². The molecule has 3 nitrogen and oxygen atoms in total. The summed E-state index contributed by atoms with van der Waals surface area (Å²) in [5.74, 6) is 1.00. The molecule has 16 heavy (non-hydrogen) atoms. The molecule has 2 fully saturated rings. The highest BCUT2D eigenvalue weighted by molar-refractivity contribution is 14.0. The van der Waals surface area contributed by atoms with Crippen LogP contribution >= 0.6 is 35.7 Å². The summed E-state index contributed by atoms with van der Waals surface area (Å²) in [7, 11) is 1.86. The van der Waals surface area contributed by atoms with Crippen molar-refractivity contribution in [3.8, 4) is 0 Å². The molecule has 2 saturated carbocycles. The van der Waals surface area contributed by atoms with Gasteiger partial charge < -0.3 is 10.6 Å². The quantitative estimate of drug-likeness (QED) is 0.463. The number of guanidine groups is 1. The average Bonchev–Trinajstić information content (AvgIpc) is 2.95. The summed E-state index contributed by atoms with van der Waals surface area (Å²) in [4.78, 5) is 4.27. The monoisotopic (exact) mass is 355 g/mol. The zero-order valence-electron chi connectivity index (χ0n) is 10.0. The molecule has 2 rings (SSSR count). The molecule has 2 aliphatic rings. The van der Waals surface area contributed by atoms with E-state index in [0.29, 0.717) is 12.1 Å². The van der Waals surface area contributed by atoms with Gasteiger partial charge in [-0.2, -0.15) is 11.8 Å². The molecule has 0 aromatic heterocycles. The first-order chi connectivity index (χ1) is 7.31. The Balaban J connectivity index is 0.00000128. The van der Waals surface area contributed by atoms with E-state index >= 15 is 0 Å². The van der Waals surface area contributed by atoms with Crippen molar-refractivity contribution in [2.24, 2.45) is 4.99 Å². The van der Waals surface area contributed by atoms with Gasteiger partial charge in [0, 0.05) is 24.4 Å². The number of thioether (sulfide) groups is 1. The second-order valence-electron chi connectivity index (χ2n) is 4.50. The van der Waals surface area contributed by atoms with Gasteiger partial charge in [0.25, 0.3) is 0 Å². The summed E-state index contributed by atoms with van der Waals surface area (Å²) < 4.78 is 0. The third-order valence-electron chi connectivity index (χ3n) is 3.20. The van der Waals surface area contributed by atoms with Crippen molar-refractivity contribution in [1.29, 1.82) is 0 Å². The lowest BCUT2D eigenvalue weighted by atomic mass is 10.2. The molecule has 0 bridgehead atoms. The molecule has 94 valence electrons. The van der Waals surface area contributed by atoms with E-state index < -0.39 is 0 Å². The number of hydrogen-bond donors (Lipinski definition) is 2. The highest BCUT2D eigenvalue weighted by Crippen LogP contribution is 2.28. The first-order valence-corrected chi connectivity index (χ1v) is 7.13. The SMILES string of the molecule is CN=C(NC1CC1)NC1CCC(SC)C1.I. The van der Waals surface area contributed by atoms with E-state index in [1.54, 1.807) is 0 Å². The van der Waals surface area contributed by atoms with Crippen molar-refractivity contribution in [3.63, 3.8) is 0 Å². The van der Waals surface area contributed by atoms with E-state index in [1.165, 1.54) is 32.1 Å². The maximum Gasteiger partial charge on any atom is 0.191 e. The van der Waals surface area contributed by atoms with Gasteiger partial charge in [0.1, 0.15) is 0 Å². The normalized spacial score (nSPS) is 29.8. The van der Waals surface area contributed by atoms with E-state index in [4.69, 9.17) is 0 Å². The largest absolute Gasteiger partial charge is 0.354 e. The van der Waals surface area contributed by atoms with Crippen LogP contribution in [0.25, 0.3) is 0 Å². The van der Waals surface area contributed by atoms with Crippen LogP contribution in [-0.2, 0) is 0 Å². The van der Waals surface area contributed by atoms with Crippen molar-refractivity contribution < 1.29 is 0 Å². The molecule has 0 spiro atoms. The van der Waals surface area contributed by atoms with Crippen LogP contribution in [0, 0.1) is 0 Å². The van der Waals surface area contributed by atoms with Gasteiger partial charge in [-0.05, 0) is 38.4 Å². The minimum atomic E-state index is 0. The number of hydrogen-bond acceptors (Lipinski definition) is 2. The Labute approximate surface area is 120 Å². The summed E-state index contributed by atoms with van der Waals surface area (Å²) >= 11 is 2.00. The van der Waals surface area contributed by atoms with Gasteiger partial charge in [0.2, 0.25) is 0 Å². The Bertz CT molecular complexity index is 243. The summed E-state index contributed by atoms with van der Waals surface area (Å²) in [5.41, 5.74) is 0. The summed E-state index contributed by atoms with van der Waals surface area (Å²) in [5, 5.41) is 7.81. The molecule has 0 radical (unpaired) electrons. The lowest BCUT2D eigenvalue weighted by Gasteiger charge is -2.16. The van der Waals surface area contributed by atoms with Crippen molar-refractivity contribution in [2.45, 2.75) is 49.4 Å². The molecule has 0 aromatic carbocycles. The number of rotatable bonds is 3. The standard InChI is InChI=1S/C11H21N3S.HI/c1-12-11(13-8-3-4-8)14-9-5-6-10(7-9)15-2;/h8-10H,3-7H2,1-2H3,(H2,12,13,14);1H. The molecule has 0 aliphatic heterocycles. The molecule has 2 atom stereocenters. The molecular weight excluding hydrogens is 333 g/mol. The van der Waals surface area contributed by atoms with Crippen LogP contribution in [0.1, 0.15) is 32.1 Å². The smallest absolute Gasteiger partial charge is 0.191 e. The van der Waals surface area contributed by atoms with E-state index in [9.17, 15) is 0 Å². The Kier molecular flexibility index (Phi) is 6.25. The zero-order chi connectivity index (χ0) is 10.7. The summed E-state index contributed by atoms with van der Waals surface area (Å²) in [6.45, 7) is 0. The van der Waals surface area contributed by atoms with Gasteiger partial charge in [-0.1, -0.05) is 0 Å². The molecule has 0 amide bonds. The lowest BCUT2D eigenvalue weighted by molar-refractivity contribution is 0.614. The van der Waals surface area contributed by atoms with Crippen LogP contribution in [-0.4, -0.2) is 36.6 Å². The van der Waals surface area contributed by atoms with E-state index in [1.807, 2.05) is 18.8 Å². The van der Waals surface area contributed by atoms with E-state index in [-0.39, 0.29) is 24.0 Å². The number of nitrogens with one attached hydrogen (secondary N) is 2. The van der Waals surface area contributed by atoms with Gasteiger partial charge in [0.15, 0.2) is 5.96 Å². The van der Waals surface area contributed by atoms with Crippen molar-refractivity contribution >= 4 is 41.7 Å². The predicted octanol–water partition coefficient (Wildman–Crippen LogP) is 2.22. The third kappa shape index (κ3) is 4.31. The Morgan fingerprint density at radius 2 is 1.75 bits per heavy atom. The number of nitrogens with zero attached hydrogens (tertiary/aromatic N) is 1. The molecule has 5 heteroatoms. The fraction of sp³-hybridized carbons (Fsp3) is 0.909. The van der Waals surface area contributed by atoms with Crippen molar-refractivity contribution in [3.05, 3.63) is 0 Å². The van der Waals surface area contributed by atoms with Gasteiger partial charge >= 0.3 is 0 Å². The minimum Gasteiger partial charge on any atom is -0.354 e. The average molecular weight is 355 g/mol. The molecular formula is C11H22IN3S. The van der Waals surface area contributed by atoms with Crippen molar-refractivity contribution in [1.82, 2.24) is 10.6 Å². The Hall–Kier alpha value is 0.350. The molecule has 2 unspecified atom stereocenters. The predicted molar refractivity (Wildman–Crippen MR) is 83.0 cm³/mol. The molecule has 2 aliphatic carbocycles.